The van der Waals surface area contributed by atoms with Gasteiger partial charge in [-0.1, -0.05) is 12.2 Å². The van der Waals surface area contributed by atoms with Crippen molar-refractivity contribution in [1.29, 1.82) is 0 Å². The molecule has 15 heavy (non-hydrogen) atoms. The molecule has 78 valence electrons. The van der Waals surface area contributed by atoms with Crippen LogP contribution >= 0.6 is 0 Å². The second-order valence-electron chi connectivity index (χ2n) is 3.23. The van der Waals surface area contributed by atoms with E-state index < -0.39 is 17.4 Å². The van der Waals surface area contributed by atoms with Crippen LogP contribution in [0.3, 0.4) is 0 Å². The van der Waals surface area contributed by atoms with Gasteiger partial charge in [0.15, 0.2) is 0 Å². The SMILES string of the molecule is CC1(C(=O)O)C=CC=C(C(=O)O)C1=C=O. The monoisotopic (exact) mass is 208 g/mol. The molecule has 5 heteroatoms. The van der Waals surface area contributed by atoms with Gasteiger partial charge in [-0.15, -0.1) is 0 Å². The van der Waals surface area contributed by atoms with E-state index in [2.05, 4.69) is 0 Å². The number of carboxylic acid groups (broad SMARTS) is 2. The Morgan fingerprint density at radius 1 is 1.40 bits per heavy atom. The molecule has 0 aromatic heterocycles. The summed E-state index contributed by atoms with van der Waals surface area (Å²) >= 11 is 0. The summed E-state index contributed by atoms with van der Waals surface area (Å²) in [6, 6.07) is 0. The van der Waals surface area contributed by atoms with Gasteiger partial charge >= 0.3 is 11.9 Å². The summed E-state index contributed by atoms with van der Waals surface area (Å²) in [5.74, 6) is -1.24. The largest absolute Gasteiger partial charge is 0.480 e. The van der Waals surface area contributed by atoms with E-state index in [1.165, 1.54) is 31.1 Å². The summed E-state index contributed by atoms with van der Waals surface area (Å²) < 4.78 is 0. The van der Waals surface area contributed by atoms with Gasteiger partial charge in [-0.3, -0.25) is 4.79 Å². The molecule has 0 spiro atoms. The van der Waals surface area contributed by atoms with Gasteiger partial charge < -0.3 is 10.2 Å². The normalized spacial score (nSPS) is 24.3. The molecular weight excluding hydrogens is 200 g/mol. The van der Waals surface area contributed by atoms with Crippen LogP contribution in [0, 0.1) is 5.41 Å². The molecule has 5 nitrogen and oxygen atoms in total. The van der Waals surface area contributed by atoms with E-state index in [1.807, 2.05) is 0 Å². The first-order valence-electron chi connectivity index (χ1n) is 4.05. The third kappa shape index (κ3) is 1.60. The third-order valence-corrected chi connectivity index (χ3v) is 2.26. The fourth-order valence-electron chi connectivity index (χ4n) is 1.30. The van der Waals surface area contributed by atoms with Crippen molar-refractivity contribution in [1.82, 2.24) is 0 Å². The molecule has 1 unspecified atom stereocenters. The van der Waals surface area contributed by atoms with Gasteiger partial charge in [-0.2, -0.15) is 0 Å². The third-order valence-electron chi connectivity index (χ3n) is 2.26. The number of aliphatic carboxylic acids is 2. The van der Waals surface area contributed by atoms with Gasteiger partial charge in [-0.25, -0.2) is 9.59 Å². The number of hydrogen-bond donors (Lipinski definition) is 2. The van der Waals surface area contributed by atoms with Crippen LogP contribution in [0.1, 0.15) is 6.92 Å². The van der Waals surface area contributed by atoms with E-state index in [4.69, 9.17) is 10.2 Å². The smallest absolute Gasteiger partial charge is 0.336 e. The quantitative estimate of drug-likeness (QED) is 0.641. The molecule has 0 saturated heterocycles. The molecule has 0 fully saturated rings. The first-order chi connectivity index (χ1) is 6.93. The Morgan fingerprint density at radius 3 is 2.40 bits per heavy atom. The lowest BCUT2D eigenvalue weighted by Crippen LogP contribution is -2.32. The van der Waals surface area contributed by atoms with E-state index in [1.54, 1.807) is 0 Å². The van der Waals surface area contributed by atoms with Crippen molar-refractivity contribution in [3.63, 3.8) is 0 Å². The molecule has 0 aromatic carbocycles. The molecule has 2 N–H and O–H groups in total. The Kier molecular flexibility index (Phi) is 2.59. The van der Waals surface area contributed by atoms with Crippen molar-refractivity contribution in [3.05, 3.63) is 29.4 Å². The minimum Gasteiger partial charge on any atom is -0.480 e. The number of carboxylic acids is 2. The summed E-state index contributed by atoms with van der Waals surface area (Å²) in [4.78, 5) is 32.3. The minimum absolute atomic E-state index is 0.336. The molecule has 0 heterocycles. The van der Waals surface area contributed by atoms with Crippen LogP contribution in [0.2, 0.25) is 0 Å². The van der Waals surface area contributed by atoms with Crippen molar-refractivity contribution in [2.24, 2.45) is 5.41 Å². The maximum atomic E-state index is 10.9. The van der Waals surface area contributed by atoms with E-state index in [0.717, 1.165) is 0 Å². The highest BCUT2D eigenvalue weighted by Gasteiger charge is 2.41. The predicted octanol–water partition coefficient (Wildman–Crippen LogP) is 0.416. The fraction of sp³-hybridized carbons (Fsp3) is 0.200. The second kappa shape index (κ2) is 3.55. The first kappa shape index (κ1) is 10.9. The summed E-state index contributed by atoms with van der Waals surface area (Å²) in [5.41, 5.74) is -2.33. The number of hydrogen-bond acceptors (Lipinski definition) is 3. The van der Waals surface area contributed by atoms with Crippen LogP contribution in [-0.4, -0.2) is 28.1 Å². The standard InChI is InChI=1S/C10H8O5/c1-10(9(14)15)4-2-3-6(8(12)13)7(10)5-11/h2-4H,1H3,(H,12,13)(H,14,15). The zero-order valence-electron chi connectivity index (χ0n) is 7.85. The van der Waals surface area contributed by atoms with E-state index in [-0.39, 0.29) is 11.1 Å². The Hall–Kier alpha value is -2.13. The molecule has 1 aliphatic carbocycles. The second-order valence-corrected chi connectivity index (χ2v) is 3.23. The molecule has 0 bridgehead atoms. The maximum Gasteiger partial charge on any atom is 0.336 e. The zero-order valence-corrected chi connectivity index (χ0v) is 7.85. The molecule has 0 saturated carbocycles. The summed E-state index contributed by atoms with van der Waals surface area (Å²) in [7, 11) is 0. The lowest BCUT2D eigenvalue weighted by molar-refractivity contribution is -0.143. The molecular formula is C10H8O5. The van der Waals surface area contributed by atoms with Gasteiger partial charge in [0.25, 0.3) is 0 Å². The summed E-state index contributed by atoms with van der Waals surface area (Å²) in [6.07, 6.45) is 3.73. The van der Waals surface area contributed by atoms with E-state index >= 15 is 0 Å². The molecule has 0 amide bonds. The number of rotatable bonds is 2. The minimum atomic E-state index is -1.62. The van der Waals surface area contributed by atoms with Gasteiger partial charge in [-0.05, 0) is 13.0 Å². The van der Waals surface area contributed by atoms with Gasteiger partial charge in [0, 0.05) is 0 Å². The van der Waals surface area contributed by atoms with Crippen LogP contribution in [0.15, 0.2) is 29.4 Å². The Balaban J connectivity index is 3.38. The van der Waals surface area contributed by atoms with Crippen molar-refractivity contribution < 1.29 is 24.6 Å². The van der Waals surface area contributed by atoms with Crippen LogP contribution in [0.25, 0.3) is 0 Å². The van der Waals surface area contributed by atoms with Gasteiger partial charge in [0.2, 0.25) is 0 Å². The fourth-order valence-corrected chi connectivity index (χ4v) is 1.30. The molecule has 0 aromatic rings. The van der Waals surface area contributed by atoms with Crippen molar-refractivity contribution in [2.75, 3.05) is 0 Å². The molecule has 0 radical (unpaired) electrons. The van der Waals surface area contributed by atoms with Crippen LogP contribution in [0.5, 0.6) is 0 Å². The summed E-state index contributed by atoms with van der Waals surface area (Å²) in [5, 5.41) is 17.7. The molecule has 0 aliphatic heterocycles. The maximum absolute atomic E-state index is 10.9. The Bertz CT molecular complexity index is 437. The Labute approximate surface area is 85.0 Å². The first-order valence-corrected chi connectivity index (χ1v) is 4.05. The van der Waals surface area contributed by atoms with Gasteiger partial charge in [0.05, 0.1) is 11.1 Å². The zero-order chi connectivity index (χ0) is 11.6. The average molecular weight is 208 g/mol. The number of allylic oxidation sites excluding steroid dienone is 2. The highest BCUT2D eigenvalue weighted by atomic mass is 16.4. The Morgan fingerprint density at radius 2 is 2.00 bits per heavy atom. The lowest BCUT2D eigenvalue weighted by Gasteiger charge is -2.24. The molecule has 1 aliphatic rings. The topological polar surface area (TPSA) is 91.7 Å². The molecule has 1 atom stereocenters. The van der Waals surface area contributed by atoms with E-state index in [9.17, 15) is 14.4 Å². The summed E-state index contributed by atoms with van der Waals surface area (Å²) in [6.45, 7) is 1.25. The number of carbonyl (C=O) groups is 2. The molecule has 1 rings (SSSR count). The average Bonchev–Trinajstić information content (AvgIpc) is 2.16. The van der Waals surface area contributed by atoms with Gasteiger partial charge in [0.1, 0.15) is 11.4 Å². The highest BCUT2D eigenvalue weighted by Crippen LogP contribution is 2.35. The van der Waals surface area contributed by atoms with Crippen molar-refractivity contribution >= 4 is 17.9 Å². The highest BCUT2D eigenvalue weighted by molar-refractivity contribution is 6.01. The predicted molar refractivity (Wildman–Crippen MR) is 49.8 cm³/mol. The van der Waals surface area contributed by atoms with Crippen LogP contribution < -0.4 is 0 Å². The van der Waals surface area contributed by atoms with Crippen LogP contribution in [-0.2, 0) is 14.4 Å². The van der Waals surface area contributed by atoms with E-state index in [0.29, 0.717) is 0 Å². The van der Waals surface area contributed by atoms with Crippen LogP contribution in [0.4, 0.5) is 0 Å². The van der Waals surface area contributed by atoms with Crippen molar-refractivity contribution in [3.8, 4) is 0 Å². The number of carbonyl (C=O) groups excluding carboxylic acids is 1. The van der Waals surface area contributed by atoms with Crippen molar-refractivity contribution in [2.45, 2.75) is 6.92 Å². The lowest BCUT2D eigenvalue weighted by atomic mass is 9.76.